The monoisotopic (exact) mass is 275 g/mol. The fourth-order valence-electron chi connectivity index (χ4n) is 3.38. The van der Waals surface area contributed by atoms with E-state index in [0.717, 1.165) is 37.8 Å². The van der Waals surface area contributed by atoms with Gasteiger partial charge < -0.3 is 9.84 Å². The summed E-state index contributed by atoms with van der Waals surface area (Å²) in [5.41, 5.74) is 2.49. The third kappa shape index (κ3) is 3.40. The van der Waals surface area contributed by atoms with E-state index in [0.29, 0.717) is 6.54 Å². The Morgan fingerprint density at radius 2 is 1.75 bits per heavy atom. The first-order chi connectivity index (χ1) is 9.83. The molecule has 2 aliphatic rings. The highest BCUT2D eigenvalue weighted by Gasteiger charge is 2.19. The summed E-state index contributed by atoms with van der Waals surface area (Å²) in [6, 6.07) is 8.65. The molecule has 1 aliphatic carbocycles. The van der Waals surface area contributed by atoms with E-state index in [9.17, 15) is 5.11 Å². The van der Waals surface area contributed by atoms with Crippen LogP contribution in [0.15, 0.2) is 24.3 Å². The minimum absolute atomic E-state index is 0.384. The molecule has 110 valence electrons. The summed E-state index contributed by atoms with van der Waals surface area (Å²) in [6.45, 7) is 4.14. The van der Waals surface area contributed by atoms with Crippen molar-refractivity contribution in [3.8, 4) is 0 Å². The highest BCUT2D eigenvalue weighted by atomic mass is 16.5. The summed E-state index contributed by atoms with van der Waals surface area (Å²) in [4.78, 5) is 2.28. The van der Waals surface area contributed by atoms with E-state index in [2.05, 4.69) is 29.2 Å². The molecule has 2 fully saturated rings. The molecule has 1 atom stereocenters. The molecule has 0 aromatic heterocycles. The molecular weight excluding hydrogens is 250 g/mol. The molecule has 1 aromatic carbocycles. The molecule has 3 heteroatoms. The quantitative estimate of drug-likeness (QED) is 0.917. The van der Waals surface area contributed by atoms with E-state index in [4.69, 9.17) is 4.74 Å². The van der Waals surface area contributed by atoms with Gasteiger partial charge >= 0.3 is 0 Å². The molecule has 1 aromatic rings. The number of ether oxygens (including phenoxy) is 1. The minimum Gasteiger partial charge on any atom is -0.387 e. The normalized spacial score (nSPS) is 23.1. The molecule has 1 aliphatic heterocycles. The Labute approximate surface area is 121 Å². The molecule has 3 rings (SSSR count). The average molecular weight is 275 g/mol. The maximum absolute atomic E-state index is 10.3. The lowest BCUT2D eigenvalue weighted by Crippen LogP contribution is -2.38. The Morgan fingerprint density at radius 3 is 2.40 bits per heavy atom. The van der Waals surface area contributed by atoms with Crippen molar-refractivity contribution in [2.75, 3.05) is 32.8 Å². The second-order valence-electron chi connectivity index (χ2n) is 6.08. The van der Waals surface area contributed by atoms with E-state index < -0.39 is 0 Å². The molecule has 0 bridgehead atoms. The van der Waals surface area contributed by atoms with Crippen molar-refractivity contribution in [3.63, 3.8) is 0 Å². The van der Waals surface area contributed by atoms with E-state index >= 15 is 0 Å². The molecule has 0 spiro atoms. The topological polar surface area (TPSA) is 32.7 Å². The van der Waals surface area contributed by atoms with Gasteiger partial charge in [0.2, 0.25) is 0 Å². The Morgan fingerprint density at radius 1 is 1.10 bits per heavy atom. The van der Waals surface area contributed by atoms with Crippen LogP contribution in [0.4, 0.5) is 0 Å². The Kier molecular flexibility index (Phi) is 4.71. The Balaban J connectivity index is 1.58. The molecular formula is C17H25NO2. The van der Waals surface area contributed by atoms with Crippen molar-refractivity contribution in [2.24, 2.45) is 0 Å². The van der Waals surface area contributed by atoms with Crippen molar-refractivity contribution in [3.05, 3.63) is 35.4 Å². The molecule has 0 unspecified atom stereocenters. The Bertz CT molecular complexity index is 406. The number of hydrogen-bond acceptors (Lipinski definition) is 3. The number of aliphatic hydroxyl groups is 1. The summed E-state index contributed by atoms with van der Waals surface area (Å²) in [6.07, 6.45) is 5.01. The van der Waals surface area contributed by atoms with Crippen LogP contribution in [0.3, 0.4) is 0 Å². The van der Waals surface area contributed by atoms with Crippen molar-refractivity contribution in [2.45, 2.75) is 37.7 Å². The Hall–Kier alpha value is -0.900. The summed E-state index contributed by atoms with van der Waals surface area (Å²) >= 11 is 0. The number of morpholine rings is 1. The average Bonchev–Trinajstić information content (AvgIpc) is 3.03. The van der Waals surface area contributed by atoms with E-state index in [1.54, 1.807) is 0 Å². The zero-order valence-electron chi connectivity index (χ0n) is 12.1. The number of hydrogen-bond donors (Lipinski definition) is 1. The predicted octanol–water partition coefficient (Wildman–Crippen LogP) is 2.71. The lowest BCUT2D eigenvalue weighted by atomic mass is 9.95. The number of nitrogens with zero attached hydrogens (tertiary/aromatic N) is 1. The van der Waals surface area contributed by atoms with Crippen molar-refractivity contribution in [1.82, 2.24) is 4.90 Å². The molecule has 0 radical (unpaired) electrons. The SMILES string of the molecule is O[C@H](CN1CCOCC1)c1ccc(C2CCCC2)cc1. The fraction of sp³-hybridized carbons (Fsp3) is 0.647. The zero-order valence-corrected chi connectivity index (χ0v) is 12.1. The van der Waals surface area contributed by atoms with Gasteiger partial charge in [-0.2, -0.15) is 0 Å². The lowest BCUT2D eigenvalue weighted by Gasteiger charge is -2.28. The standard InChI is InChI=1S/C17H25NO2/c19-17(13-18-9-11-20-12-10-18)16-7-5-15(6-8-16)14-3-1-2-4-14/h5-8,14,17,19H,1-4,9-13H2/t17-/m1/s1. The van der Waals surface area contributed by atoms with Crippen molar-refractivity contribution >= 4 is 0 Å². The van der Waals surface area contributed by atoms with E-state index in [1.165, 1.54) is 31.2 Å². The van der Waals surface area contributed by atoms with Crippen LogP contribution in [0.25, 0.3) is 0 Å². The summed E-state index contributed by atoms with van der Waals surface area (Å²) in [5.74, 6) is 0.750. The molecule has 1 heterocycles. The van der Waals surface area contributed by atoms with Crippen molar-refractivity contribution in [1.29, 1.82) is 0 Å². The van der Waals surface area contributed by atoms with Gasteiger partial charge in [0.05, 0.1) is 19.3 Å². The summed E-state index contributed by atoms with van der Waals surface area (Å²) in [5, 5.41) is 10.3. The van der Waals surface area contributed by atoms with Crippen LogP contribution in [0.5, 0.6) is 0 Å². The van der Waals surface area contributed by atoms with Gasteiger partial charge in [0, 0.05) is 19.6 Å². The fourth-order valence-corrected chi connectivity index (χ4v) is 3.38. The number of benzene rings is 1. The molecule has 20 heavy (non-hydrogen) atoms. The van der Waals surface area contributed by atoms with Crippen LogP contribution < -0.4 is 0 Å². The first-order valence-corrected chi connectivity index (χ1v) is 7.91. The molecule has 3 nitrogen and oxygen atoms in total. The summed E-state index contributed by atoms with van der Waals surface area (Å²) in [7, 11) is 0. The third-order valence-corrected chi connectivity index (χ3v) is 4.68. The number of β-amino-alcohol motifs (C(OH)–C–C–N with tert-alkyl or cyclic N) is 1. The highest BCUT2D eigenvalue weighted by Crippen LogP contribution is 2.34. The van der Waals surface area contributed by atoms with Crippen LogP contribution in [-0.2, 0) is 4.74 Å². The van der Waals surface area contributed by atoms with Crippen molar-refractivity contribution < 1.29 is 9.84 Å². The maximum atomic E-state index is 10.3. The van der Waals surface area contributed by atoms with Crippen LogP contribution in [0, 0.1) is 0 Å². The van der Waals surface area contributed by atoms with E-state index in [-0.39, 0.29) is 6.10 Å². The van der Waals surface area contributed by atoms with Gasteiger partial charge in [0.1, 0.15) is 0 Å². The van der Waals surface area contributed by atoms with E-state index in [1.807, 2.05) is 0 Å². The third-order valence-electron chi connectivity index (χ3n) is 4.68. The lowest BCUT2D eigenvalue weighted by molar-refractivity contribution is 0.0143. The van der Waals surface area contributed by atoms with Gasteiger partial charge in [-0.05, 0) is 29.9 Å². The molecule has 1 N–H and O–H groups in total. The molecule has 1 saturated heterocycles. The molecule has 1 saturated carbocycles. The van der Waals surface area contributed by atoms with Gasteiger partial charge in [-0.15, -0.1) is 0 Å². The predicted molar refractivity (Wildman–Crippen MR) is 79.9 cm³/mol. The first-order valence-electron chi connectivity index (χ1n) is 7.91. The first kappa shape index (κ1) is 14.1. The van der Waals surface area contributed by atoms with Crippen LogP contribution >= 0.6 is 0 Å². The van der Waals surface area contributed by atoms with Crippen LogP contribution in [0.1, 0.15) is 48.8 Å². The number of aliphatic hydroxyl groups excluding tert-OH is 1. The highest BCUT2D eigenvalue weighted by molar-refractivity contribution is 5.27. The maximum Gasteiger partial charge on any atom is 0.0916 e. The second kappa shape index (κ2) is 6.70. The smallest absolute Gasteiger partial charge is 0.0916 e. The molecule has 0 amide bonds. The van der Waals surface area contributed by atoms with Crippen LogP contribution in [-0.4, -0.2) is 42.9 Å². The van der Waals surface area contributed by atoms with Gasteiger partial charge in [-0.25, -0.2) is 0 Å². The largest absolute Gasteiger partial charge is 0.387 e. The minimum atomic E-state index is -0.384. The van der Waals surface area contributed by atoms with Gasteiger partial charge in [0.25, 0.3) is 0 Å². The van der Waals surface area contributed by atoms with Gasteiger partial charge in [0.15, 0.2) is 0 Å². The number of rotatable bonds is 4. The second-order valence-corrected chi connectivity index (χ2v) is 6.08. The van der Waals surface area contributed by atoms with Gasteiger partial charge in [-0.1, -0.05) is 37.1 Å². The summed E-state index contributed by atoms with van der Waals surface area (Å²) < 4.78 is 5.34. The van der Waals surface area contributed by atoms with Gasteiger partial charge in [-0.3, -0.25) is 4.90 Å². The zero-order chi connectivity index (χ0) is 13.8. The van der Waals surface area contributed by atoms with Crippen LogP contribution in [0.2, 0.25) is 0 Å².